The summed E-state index contributed by atoms with van der Waals surface area (Å²) >= 11 is 17.2. The third-order valence-corrected chi connectivity index (χ3v) is 3.15. The molecule has 5 heteroatoms. The topological polar surface area (TPSA) is 26.3 Å². The van der Waals surface area contributed by atoms with Crippen LogP contribution in [0, 0.1) is 0 Å². The fourth-order valence-corrected chi connectivity index (χ4v) is 1.95. The second kappa shape index (κ2) is 6.29. The molecule has 0 N–H and O–H groups in total. The van der Waals surface area contributed by atoms with Gasteiger partial charge < -0.3 is 4.74 Å². The summed E-state index contributed by atoms with van der Waals surface area (Å²) in [6.07, 6.45) is -0.875. The Morgan fingerprint density at radius 3 is 1.84 bits per heavy atom. The molecule has 0 radical (unpaired) electrons. The highest BCUT2D eigenvalue weighted by Crippen LogP contribution is 2.26. The summed E-state index contributed by atoms with van der Waals surface area (Å²) < 4.78 is 5.57. The molecule has 0 bridgehead atoms. The van der Waals surface area contributed by atoms with Crippen LogP contribution in [0.15, 0.2) is 48.5 Å². The van der Waals surface area contributed by atoms with Crippen LogP contribution in [0.5, 0.6) is 5.75 Å². The average molecular weight is 316 g/mol. The van der Waals surface area contributed by atoms with Gasteiger partial charge in [-0.05, 0) is 48.0 Å². The molecule has 0 spiro atoms. The number of hydrogen-bond donors (Lipinski definition) is 0. The summed E-state index contributed by atoms with van der Waals surface area (Å²) in [4.78, 5) is 11.5. The van der Waals surface area contributed by atoms with Crippen LogP contribution in [0.4, 0.5) is 0 Å². The lowest BCUT2D eigenvalue weighted by atomic mass is 10.1. The molecule has 98 valence electrons. The van der Waals surface area contributed by atoms with Crippen LogP contribution >= 0.6 is 34.8 Å². The first kappa shape index (κ1) is 14.2. The van der Waals surface area contributed by atoms with Crippen molar-refractivity contribution < 1.29 is 9.53 Å². The number of hydrogen-bond acceptors (Lipinski definition) is 2. The van der Waals surface area contributed by atoms with Gasteiger partial charge in [0.1, 0.15) is 5.75 Å². The largest absolute Gasteiger partial charge is 0.477 e. The maximum absolute atomic E-state index is 11.5. The van der Waals surface area contributed by atoms with Gasteiger partial charge in [-0.3, -0.25) is 4.79 Å². The van der Waals surface area contributed by atoms with E-state index in [1.165, 1.54) is 0 Å². The van der Waals surface area contributed by atoms with Crippen molar-refractivity contribution >= 4 is 40.0 Å². The van der Waals surface area contributed by atoms with Crippen LogP contribution < -0.4 is 4.74 Å². The molecule has 0 aliphatic heterocycles. The zero-order chi connectivity index (χ0) is 13.8. The van der Waals surface area contributed by atoms with Gasteiger partial charge in [0.2, 0.25) is 0 Å². The van der Waals surface area contributed by atoms with E-state index in [4.69, 9.17) is 39.5 Å². The van der Waals surface area contributed by atoms with Crippen LogP contribution in [0.1, 0.15) is 11.7 Å². The number of carbonyl (C=O) groups is 1. The molecule has 2 nitrogen and oxygen atoms in total. The Kier molecular flexibility index (Phi) is 4.70. The first-order valence-electron chi connectivity index (χ1n) is 5.43. The highest BCUT2D eigenvalue weighted by Gasteiger charge is 2.20. The van der Waals surface area contributed by atoms with Gasteiger partial charge in [0.15, 0.2) is 6.10 Å². The van der Waals surface area contributed by atoms with E-state index in [-0.39, 0.29) is 0 Å². The van der Waals surface area contributed by atoms with Gasteiger partial charge in [-0.25, -0.2) is 0 Å². The average Bonchev–Trinajstić information content (AvgIpc) is 2.39. The molecular formula is C14H9Cl3O2. The maximum Gasteiger partial charge on any atom is 0.267 e. The number of carbonyl (C=O) groups excluding carboxylic acids is 1. The van der Waals surface area contributed by atoms with Crippen LogP contribution in [-0.2, 0) is 4.79 Å². The first-order chi connectivity index (χ1) is 9.06. The molecule has 1 unspecified atom stereocenters. The summed E-state index contributed by atoms with van der Waals surface area (Å²) in [6, 6.07) is 13.4. The molecule has 0 aromatic heterocycles. The van der Waals surface area contributed by atoms with Crippen molar-refractivity contribution in [2.24, 2.45) is 0 Å². The monoisotopic (exact) mass is 314 g/mol. The van der Waals surface area contributed by atoms with Crippen molar-refractivity contribution in [1.82, 2.24) is 0 Å². The van der Waals surface area contributed by atoms with E-state index in [9.17, 15) is 4.79 Å². The van der Waals surface area contributed by atoms with Crippen LogP contribution in [0.25, 0.3) is 0 Å². The second-order valence-electron chi connectivity index (χ2n) is 3.81. The van der Waals surface area contributed by atoms with Crippen molar-refractivity contribution in [1.29, 1.82) is 0 Å². The minimum Gasteiger partial charge on any atom is -0.477 e. The molecule has 0 amide bonds. The van der Waals surface area contributed by atoms with E-state index >= 15 is 0 Å². The lowest BCUT2D eigenvalue weighted by molar-refractivity contribution is -0.118. The molecule has 0 fully saturated rings. The maximum atomic E-state index is 11.5. The Balaban J connectivity index is 2.23. The van der Waals surface area contributed by atoms with E-state index in [0.717, 1.165) is 0 Å². The van der Waals surface area contributed by atoms with Crippen LogP contribution in [0.3, 0.4) is 0 Å². The summed E-state index contributed by atoms with van der Waals surface area (Å²) in [7, 11) is 0. The van der Waals surface area contributed by atoms with E-state index < -0.39 is 11.3 Å². The van der Waals surface area contributed by atoms with Gasteiger partial charge in [-0.15, -0.1) is 0 Å². The van der Waals surface area contributed by atoms with Crippen molar-refractivity contribution in [3.05, 3.63) is 64.1 Å². The van der Waals surface area contributed by atoms with E-state index in [2.05, 4.69) is 0 Å². The molecular weight excluding hydrogens is 307 g/mol. The molecule has 1 atom stereocenters. The predicted molar refractivity (Wildman–Crippen MR) is 77.1 cm³/mol. The van der Waals surface area contributed by atoms with Gasteiger partial charge in [-0.1, -0.05) is 35.3 Å². The Hall–Kier alpha value is -1.22. The lowest BCUT2D eigenvalue weighted by Gasteiger charge is -2.15. The minimum absolute atomic E-state index is 0.512. The van der Waals surface area contributed by atoms with Crippen molar-refractivity contribution in [3.63, 3.8) is 0 Å². The molecule has 2 aromatic rings. The highest BCUT2D eigenvalue weighted by molar-refractivity contribution is 6.64. The Labute approximate surface area is 125 Å². The van der Waals surface area contributed by atoms with Crippen molar-refractivity contribution in [3.8, 4) is 5.75 Å². The molecule has 0 saturated heterocycles. The number of ether oxygens (including phenoxy) is 1. The summed E-state index contributed by atoms with van der Waals surface area (Å²) in [6.45, 7) is 0. The number of rotatable bonds is 4. The smallest absolute Gasteiger partial charge is 0.267 e. The summed E-state index contributed by atoms with van der Waals surface area (Å²) in [5, 5.41) is 0.570. The van der Waals surface area contributed by atoms with Gasteiger partial charge in [0, 0.05) is 15.6 Å². The Bertz CT molecular complexity index is 564. The molecule has 0 saturated carbocycles. The van der Waals surface area contributed by atoms with E-state index in [1.807, 2.05) is 0 Å². The SMILES string of the molecule is O=C(Cl)C(Oc1ccc(Cl)cc1)c1ccc(Cl)cc1. The van der Waals surface area contributed by atoms with Gasteiger partial charge in [0.25, 0.3) is 5.24 Å². The molecule has 19 heavy (non-hydrogen) atoms. The highest BCUT2D eigenvalue weighted by atomic mass is 35.5. The van der Waals surface area contributed by atoms with Gasteiger partial charge >= 0.3 is 0 Å². The molecule has 0 heterocycles. The second-order valence-corrected chi connectivity index (χ2v) is 5.05. The van der Waals surface area contributed by atoms with Gasteiger partial charge in [-0.2, -0.15) is 0 Å². The standard InChI is InChI=1S/C14H9Cl3O2/c15-10-3-1-9(2-4-10)13(14(17)18)19-12-7-5-11(16)6-8-12/h1-8,13H. The molecule has 2 aromatic carbocycles. The quantitative estimate of drug-likeness (QED) is 0.752. The zero-order valence-electron chi connectivity index (χ0n) is 9.65. The number of halogens is 3. The third kappa shape index (κ3) is 3.87. The normalized spacial score (nSPS) is 11.9. The predicted octanol–water partition coefficient (Wildman–Crippen LogP) is 4.88. The van der Waals surface area contributed by atoms with E-state index in [1.54, 1.807) is 48.5 Å². The Morgan fingerprint density at radius 1 is 0.895 bits per heavy atom. The fourth-order valence-electron chi connectivity index (χ4n) is 1.53. The minimum atomic E-state index is -0.875. The van der Waals surface area contributed by atoms with Crippen LogP contribution in [0.2, 0.25) is 10.0 Å². The molecule has 0 aliphatic carbocycles. The first-order valence-corrected chi connectivity index (χ1v) is 6.56. The van der Waals surface area contributed by atoms with E-state index in [0.29, 0.717) is 21.4 Å². The number of benzene rings is 2. The van der Waals surface area contributed by atoms with Crippen molar-refractivity contribution in [2.45, 2.75) is 6.10 Å². The third-order valence-electron chi connectivity index (χ3n) is 2.45. The zero-order valence-corrected chi connectivity index (χ0v) is 11.9. The van der Waals surface area contributed by atoms with Crippen molar-refractivity contribution in [2.75, 3.05) is 0 Å². The summed E-state index contributed by atoms with van der Waals surface area (Å²) in [5.74, 6) is 0.512. The van der Waals surface area contributed by atoms with Crippen LogP contribution in [-0.4, -0.2) is 5.24 Å². The fraction of sp³-hybridized carbons (Fsp3) is 0.0714. The lowest BCUT2D eigenvalue weighted by Crippen LogP contribution is -2.14. The van der Waals surface area contributed by atoms with Gasteiger partial charge in [0.05, 0.1) is 0 Å². The Morgan fingerprint density at radius 2 is 1.37 bits per heavy atom. The molecule has 0 aliphatic rings. The summed E-state index contributed by atoms with van der Waals surface area (Å²) in [5.41, 5.74) is 0.638. The molecule has 2 rings (SSSR count).